The molecule has 0 aromatic heterocycles. The molecule has 0 amide bonds. The van der Waals surface area contributed by atoms with Gasteiger partial charge in [-0.2, -0.15) is 0 Å². The Bertz CT molecular complexity index is 531. The minimum atomic E-state index is -0.282. The molecule has 0 fully saturated rings. The summed E-state index contributed by atoms with van der Waals surface area (Å²) >= 11 is 6.10. The summed E-state index contributed by atoms with van der Waals surface area (Å²) < 4.78 is 13.9. The average molecular weight is 278 g/mol. The van der Waals surface area contributed by atoms with Crippen LogP contribution in [0.1, 0.15) is 22.6 Å². The van der Waals surface area contributed by atoms with Crippen molar-refractivity contribution in [3.63, 3.8) is 0 Å². The molecule has 2 N–H and O–H groups in total. The van der Waals surface area contributed by atoms with Crippen LogP contribution < -0.4 is 5.73 Å². The maximum absolute atomic E-state index is 13.9. The Kier molecular flexibility index (Phi) is 4.56. The molecule has 0 heterocycles. The number of nitrogens with two attached hydrogens (primary N) is 1. The van der Waals surface area contributed by atoms with E-state index >= 15 is 0 Å². The molecule has 0 radical (unpaired) electrons. The van der Waals surface area contributed by atoms with Crippen molar-refractivity contribution in [1.29, 1.82) is 0 Å². The van der Waals surface area contributed by atoms with Crippen LogP contribution in [0.5, 0.6) is 0 Å². The second-order valence-corrected chi connectivity index (χ2v) is 5.16. The lowest BCUT2D eigenvalue weighted by Crippen LogP contribution is -2.17. The molecule has 3 heteroatoms. The van der Waals surface area contributed by atoms with Crippen LogP contribution in [0, 0.1) is 12.7 Å². The summed E-state index contributed by atoms with van der Waals surface area (Å²) in [5.74, 6) is -0.383. The van der Waals surface area contributed by atoms with Crippen LogP contribution in [0.2, 0.25) is 5.02 Å². The Morgan fingerprint density at radius 2 is 1.84 bits per heavy atom. The molecule has 1 nitrogen and oxygen atoms in total. The normalized spacial score (nSPS) is 12.4. The molecule has 2 aromatic rings. The van der Waals surface area contributed by atoms with E-state index in [1.165, 1.54) is 11.6 Å². The van der Waals surface area contributed by atoms with Gasteiger partial charge in [-0.1, -0.05) is 47.5 Å². The van der Waals surface area contributed by atoms with E-state index in [-0.39, 0.29) is 11.7 Å². The van der Waals surface area contributed by atoms with Gasteiger partial charge in [0.1, 0.15) is 5.82 Å². The van der Waals surface area contributed by atoms with E-state index in [1.807, 2.05) is 31.2 Å². The summed E-state index contributed by atoms with van der Waals surface area (Å²) in [6.07, 6.45) is 0.692. The SMILES string of the molecule is Cc1ccc(CC(CN)c2c(F)cccc2Cl)cc1. The quantitative estimate of drug-likeness (QED) is 0.896. The molecule has 0 saturated heterocycles. The summed E-state index contributed by atoms with van der Waals surface area (Å²) in [5.41, 5.74) is 8.66. The minimum absolute atomic E-state index is 0.101. The van der Waals surface area contributed by atoms with Crippen LogP contribution in [0.15, 0.2) is 42.5 Å². The van der Waals surface area contributed by atoms with Gasteiger partial charge in [-0.05, 0) is 37.6 Å². The van der Waals surface area contributed by atoms with E-state index in [1.54, 1.807) is 12.1 Å². The molecule has 2 aromatic carbocycles. The Morgan fingerprint density at radius 3 is 2.42 bits per heavy atom. The molecule has 19 heavy (non-hydrogen) atoms. The maximum atomic E-state index is 13.9. The first kappa shape index (κ1) is 14.0. The van der Waals surface area contributed by atoms with Crippen LogP contribution in [0.25, 0.3) is 0 Å². The van der Waals surface area contributed by atoms with E-state index in [4.69, 9.17) is 17.3 Å². The van der Waals surface area contributed by atoms with Crippen molar-refractivity contribution in [3.05, 3.63) is 70.0 Å². The topological polar surface area (TPSA) is 26.0 Å². The molecular weight excluding hydrogens is 261 g/mol. The average Bonchev–Trinajstić information content (AvgIpc) is 2.39. The van der Waals surface area contributed by atoms with Crippen LogP contribution in [-0.2, 0) is 6.42 Å². The van der Waals surface area contributed by atoms with Gasteiger partial charge >= 0.3 is 0 Å². The van der Waals surface area contributed by atoms with Crippen molar-refractivity contribution in [1.82, 2.24) is 0 Å². The van der Waals surface area contributed by atoms with Crippen LogP contribution in [-0.4, -0.2) is 6.54 Å². The van der Waals surface area contributed by atoms with Crippen molar-refractivity contribution < 1.29 is 4.39 Å². The largest absolute Gasteiger partial charge is 0.330 e. The number of hydrogen-bond donors (Lipinski definition) is 1. The fourth-order valence-corrected chi connectivity index (χ4v) is 2.53. The van der Waals surface area contributed by atoms with Gasteiger partial charge in [0.25, 0.3) is 0 Å². The van der Waals surface area contributed by atoms with Gasteiger partial charge in [-0.25, -0.2) is 4.39 Å². The molecule has 0 spiro atoms. The fraction of sp³-hybridized carbons (Fsp3) is 0.250. The van der Waals surface area contributed by atoms with E-state index < -0.39 is 0 Å². The molecule has 2 rings (SSSR count). The van der Waals surface area contributed by atoms with Gasteiger partial charge in [-0.3, -0.25) is 0 Å². The van der Waals surface area contributed by atoms with Crippen LogP contribution in [0.4, 0.5) is 4.39 Å². The van der Waals surface area contributed by atoms with Gasteiger partial charge < -0.3 is 5.73 Å². The van der Waals surface area contributed by atoms with Gasteiger partial charge in [0.05, 0.1) is 0 Å². The summed E-state index contributed by atoms with van der Waals surface area (Å²) in [7, 11) is 0. The number of benzene rings is 2. The Morgan fingerprint density at radius 1 is 1.16 bits per heavy atom. The predicted molar refractivity (Wildman–Crippen MR) is 78.1 cm³/mol. The fourth-order valence-electron chi connectivity index (χ4n) is 2.21. The third kappa shape index (κ3) is 3.34. The summed E-state index contributed by atoms with van der Waals surface area (Å²) in [6.45, 7) is 2.41. The van der Waals surface area contributed by atoms with Crippen LogP contribution in [0.3, 0.4) is 0 Å². The molecular formula is C16H17ClFN. The smallest absolute Gasteiger partial charge is 0.128 e. The van der Waals surface area contributed by atoms with Crippen molar-refractivity contribution >= 4 is 11.6 Å². The van der Waals surface area contributed by atoms with E-state index in [0.717, 1.165) is 5.56 Å². The molecule has 1 atom stereocenters. The molecule has 1 unspecified atom stereocenters. The third-order valence-corrected chi connectivity index (χ3v) is 3.62. The van der Waals surface area contributed by atoms with Gasteiger partial charge in [0.2, 0.25) is 0 Å². The van der Waals surface area contributed by atoms with E-state index in [2.05, 4.69) is 0 Å². The molecule has 0 aliphatic heterocycles. The second kappa shape index (κ2) is 6.18. The predicted octanol–water partition coefficient (Wildman–Crippen LogP) is 4.07. The standard InChI is InChI=1S/C16H17ClFN/c1-11-5-7-12(8-6-11)9-13(10-19)16-14(17)3-2-4-15(16)18/h2-8,13H,9-10,19H2,1H3. The minimum Gasteiger partial charge on any atom is -0.330 e. The number of halogens is 2. The van der Waals surface area contributed by atoms with Crippen molar-refractivity contribution in [2.45, 2.75) is 19.3 Å². The van der Waals surface area contributed by atoms with Crippen LogP contribution >= 0.6 is 11.6 Å². The molecule has 0 aliphatic carbocycles. The number of hydrogen-bond acceptors (Lipinski definition) is 1. The lowest BCUT2D eigenvalue weighted by Gasteiger charge is -2.17. The highest BCUT2D eigenvalue weighted by atomic mass is 35.5. The summed E-state index contributed by atoms with van der Waals surface area (Å²) in [5, 5.41) is 0.447. The molecule has 0 saturated carbocycles. The third-order valence-electron chi connectivity index (χ3n) is 3.30. The maximum Gasteiger partial charge on any atom is 0.128 e. The molecule has 0 aliphatic rings. The first-order chi connectivity index (χ1) is 9.11. The van der Waals surface area contributed by atoms with Crippen molar-refractivity contribution in [3.8, 4) is 0 Å². The van der Waals surface area contributed by atoms with E-state index in [9.17, 15) is 4.39 Å². The summed E-state index contributed by atoms with van der Waals surface area (Å²) in [4.78, 5) is 0. The summed E-state index contributed by atoms with van der Waals surface area (Å²) in [6, 6.07) is 12.9. The van der Waals surface area contributed by atoms with Crippen molar-refractivity contribution in [2.24, 2.45) is 5.73 Å². The molecule has 0 bridgehead atoms. The monoisotopic (exact) mass is 277 g/mol. The van der Waals surface area contributed by atoms with Crippen molar-refractivity contribution in [2.75, 3.05) is 6.54 Å². The zero-order valence-electron chi connectivity index (χ0n) is 10.9. The van der Waals surface area contributed by atoms with Gasteiger partial charge in [0, 0.05) is 16.5 Å². The second-order valence-electron chi connectivity index (χ2n) is 4.76. The van der Waals surface area contributed by atoms with Gasteiger partial charge in [-0.15, -0.1) is 0 Å². The number of rotatable bonds is 4. The van der Waals surface area contributed by atoms with Gasteiger partial charge in [0.15, 0.2) is 0 Å². The zero-order valence-corrected chi connectivity index (χ0v) is 11.6. The lowest BCUT2D eigenvalue weighted by molar-refractivity contribution is 0.576. The zero-order chi connectivity index (χ0) is 13.8. The highest BCUT2D eigenvalue weighted by molar-refractivity contribution is 6.31. The lowest BCUT2D eigenvalue weighted by atomic mass is 9.91. The number of aryl methyl sites for hydroxylation is 1. The Balaban J connectivity index is 2.27. The highest BCUT2D eigenvalue weighted by Crippen LogP contribution is 2.29. The molecule has 100 valence electrons. The Hall–Kier alpha value is -1.38. The van der Waals surface area contributed by atoms with E-state index in [0.29, 0.717) is 23.6 Å². The first-order valence-electron chi connectivity index (χ1n) is 6.31. The first-order valence-corrected chi connectivity index (χ1v) is 6.69. The highest BCUT2D eigenvalue weighted by Gasteiger charge is 2.18. The Labute approximate surface area is 118 Å².